The van der Waals surface area contributed by atoms with Crippen LogP contribution in [0.3, 0.4) is 0 Å². The minimum atomic E-state index is -0.571. The predicted octanol–water partition coefficient (Wildman–Crippen LogP) is 8.42. The Morgan fingerprint density at radius 3 is 2.26 bits per heavy atom. The molecule has 0 radical (unpaired) electrons. The number of rotatable bonds is 12. The van der Waals surface area contributed by atoms with Crippen molar-refractivity contribution in [3.05, 3.63) is 77.1 Å². The molecule has 1 aliphatic rings. The molecule has 0 saturated carbocycles. The molecule has 1 aromatic heterocycles. The van der Waals surface area contributed by atoms with Crippen molar-refractivity contribution >= 4 is 15.9 Å². The van der Waals surface area contributed by atoms with E-state index < -0.39 is 10.9 Å². The Morgan fingerprint density at radius 1 is 0.921 bits per heavy atom. The minimum Gasteiger partial charge on any atom is -0.489 e. The zero-order valence-electron chi connectivity index (χ0n) is 23.7. The Balaban J connectivity index is 1.79. The first kappa shape index (κ1) is 28.4. The van der Waals surface area contributed by atoms with Crippen molar-refractivity contribution in [3.63, 3.8) is 0 Å². The standard InChI is InChI=1S/C33H44N2O2S/c1-6-7-9-14-29-34-19-20-38(29)33-30(28(21-36)31(23(2)3)35-32(33)24(4)5)26-15-17-27(18-16-26)37-22-25-12-10-8-11-13-25/h8,10-13,15-18,23-24,36,38H,6-7,9,14,19-22H2,1-5H3. The number of unbranched alkanes of at least 4 members (excludes halogenated alkanes) is 2. The van der Waals surface area contributed by atoms with Gasteiger partial charge in [-0.2, -0.15) is 10.9 Å². The molecule has 204 valence electrons. The molecule has 1 N–H and O–H groups in total. The summed E-state index contributed by atoms with van der Waals surface area (Å²) in [4.78, 5) is 11.6. The summed E-state index contributed by atoms with van der Waals surface area (Å²) in [5, 5.41) is 12.1. The number of aliphatic hydroxyl groups is 1. The van der Waals surface area contributed by atoms with Gasteiger partial charge in [0.25, 0.3) is 0 Å². The van der Waals surface area contributed by atoms with Gasteiger partial charge in [-0.15, -0.1) is 0 Å². The SMILES string of the molecule is CCCCCC1=NCC[SH]1c1c(C(C)C)nc(C(C)C)c(CO)c1-c1ccc(OCc2ccccc2)cc1. The van der Waals surface area contributed by atoms with Gasteiger partial charge < -0.3 is 9.84 Å². The number of aromatic nitrogens is 1. The van der Waals surface area contributed by atoms with Crippen LogP contribution in [-0.4, -0.2) is 27.4 Å². The molecule has 0 fully saturated rings. The molecule has 4 rings (SSSR count). The summed E-state index contributed by atoms with van der Waals surface area (Å²) in [6.07, 6.45) is 4.72. The minimum absolute atomic E-state index is 0.0149. The van der Waals surface area contributed by atoms with Crippen LogP contribution in [0.4, 0.5) is 0 Å². The highest BCUT2D eigenvalue weighted by Crippen LogP contribution is 2.52. The van der Waals surface area contributed by atoms with E-state index in [-0.39, 0.29) is 12.5 Å². The Labute approximate surface area is 231 Å². The summed E-state index contributed by atoms with van der Waals surface area (Å²) in [5.41, 5.74) is 6.63. The Hall–Kier alpha value is -2.63. The van der Waals surface area contributed by atoms with Gasteiger partial charge in [-0.1, -0.05) is 89.9 Å². The monoisotopic (exact) mass is 532 g/mol. The molecule has 2 heterocycles. The van der Waals surface area contributed by atoms with Gasteiger partial charge in [-0.25, -0.2) is 0 Å². The van der Waals surface area contributed by atoms with E-state index in [1.165, 1.54) is 40.5 Å². The van der Waals surface area contributed by atoms with E-state index in [4.69, 9.17) is 14.7 Å². The third-order valence-electron chi connectivity index (χ3n) is 7.18. The molecule has 0 amide bonds. The summed E-state index contributed by atoms with van der Waals surface area (Å²) in [7, 11) is -0.571. The van der Waals surface area contributed by atoms with Crippen LogP contribution >= 0.6 is 10.9 Å². The second kappa shape index (κ2) is 13.4. The summed E-state index contributed by atoms with van der Waals surface area (Å²) in [6, 6.07) is 18.7. The first-order chi connectivity index (χ1) is 18.4. The summed E-state index contributed by atoms with van der Waals surface area (Å²) in [6.45, 7) is 12.5. The Morgan fingerprint density at radius 2 is 1.63 bits per heavy atom. The van der Waals surface area contributed by atoms with Crippen molar-refractivity contribution in [1.82, 2.24) is 4.98 Å². The third kappa shape index (κ3) is 6.50. The molecule has 3 aromatic rings. The lowest BCUT2D eigenvalue weighted by atomic mass is 9.92. The fourth-order valence-electron chi connectivity index (χ4n) is 5.21. The molecule has 1 atom stereocenters. The number of pyridine rings is 1. The molecule has 0 bridgehead atoms. The fraction of sp³-hybridized carbons (Fsp3) is 0.455. The second-order valence-electron chi connectivity index (χ2n) is 10.8. The largest absolute Gasteiger partial charge is 0.489 e. The van der Waals surface area contributed by atoms with Gasteiger partial charge >= 0.3 is 0 Å². The van der Waals surface area contributed by atoms with Gasteiger partial charge in [-0.05, 0) is 47.9 Å². The maximum Gasteiger partial charge on any atom is 0.119 e. The van der Waals surface area contributed by atoms with E-state index in [9.17, 15) is 5.11 Å². The van der Waals surface area contributed by atoms with Crippen LogP contribution < -0.4 is 4.74 Å². The average molecular weight is 533 g/mol. The van der Waals surface area contributed by atoms with Crippen LogP contribution in [-0.2, 0) is 13.2 Å². The third-order valence-corrected chi connectivity index (χ3v) is 9.81. The number of thiol groups is 1. The first-order valence-electron chi connectivity index (χ1n) is 14.2. The van der Waals surface area contributed by atoms with E-state index in [0.717, 1.165) is 46.9 Å². The summed E-state index contributed by atoms with van der Waals surface area (Å²) < 4.78 is 6.09. The van der Waals surface area contributed by atoms with E-state index in [2.05, 4.69) is 71.0 Å². The lowest BCUT2D eigenvalue weighted by Crippen LogP contribution is -2.13. The molecule has 0 aliphatic carbocycles. The van der Waals surface area contributed by atoms with Gasteiger partial charge in [-0.3, -0.25) is 9.98 Å². The van der Waals surface area contributed by atoms with Gasteiger partial charge in [0.2, 0.25) is 0 Å². The quantitative estimate of drug-likeness (QED) is 0.182. The molecule has 1 aliphatic heterocycles. The van der Waals surface area contributed by atoms with Crippen molar-refractivity contribution in [2.45, 2.75) is 90.2 Å². The highest BCUT2D eigenvalue weighted by atomic mass is 32.2. The highest BCUT2D eigenvalue weighted by Gasteiger charge is 2.30. The molecule has 38 heavy (non-hydrogen) atoms. The number of ether oxygens (including phenoxy) is 1. The Kier molecular flexibility index (Phi) is 10.0. The van der Waals surface area contributed by atoms with Gasteiger partial charge in [0.05, 0.1) is 17.3 Å². The molecule has 0 spiro atoms. The normalized spacial score (nSPS) is 16.3. The van der Waals surface area contributed by atoms with E-state index >= 15 is 0 Å². The van der Waals surface area contributed by atoms with Crippen molar-refractivity contribution in [2.75, 3.05) is 12.3 Å². The number of nitrogens with zero attached hydrogens (tertiary/aromatic N) is 2. The summed E-state index contributed by atoms with van der Waals surface area (Å²) >= 11 is 0. The van der Waals surface area contributed by atoms with Crippen LogP contribution in [0.1, 0.15) is 94.7 Å². The maximum atomic E-state index is 10.7. The van der Waals surface area contributed by atoms with E-state index in [1.807, 2.05) is 18.2 Å². The molecular weight excluding hydrogens is 488 g/mol. The first-order valence-corrected chi connectivity index (χ1v) is 15.7. The van der Waals surface area contributed by atoms with Crippen molar-refractivity contribution in [2.24, 2.45) is 4.99 Å². The zero-order chi connectivity index (χ0) is 27.1. The van der Waals surface area contributed by atoms with Crippen LogP contribution in [0, 0.1) is 0 Å². The maximum absolute atomic E-state index is 10.7. The van der Waals surface area contributed by atoms with Gasteiger partial charge in [0.1, 0.15) is 12.4 Å². The molecule has 0 saturated heterocycles. The lowest BCUT2D eigenvalue weighted by Gasteiger charge is -2.30. The number of benzene rings is 2. The lowest BCUT2D eigenvalue weighted by molar-refractivity contribution is 0.279. The van der Waals surface area contributed by atoms with Crippen molar-refractivity contribution in [3.8, 4) is 16.9 Å². The smallest absolute Gasteiger partial charge is 0.119 e. The molecule has 5 heteroatoms. The topological polar surface area (TPSA) is 54.7 Å². The summed E-state index contributed by atoms with van der Waals surface area (Å²) in [5.74, 6) is 2.45. The molecule has 2 aromatic carbocycles. The number of aliphatic hydroxyl groups excluding tert-OH is 1. The predicted molar refractivity (Wildman–Crippen MR) is 163 cm³/mol. The molecular formula is C33H44N2O2S. The highest BCUT2D eigenvalue weighted by molar-refractivity contribution is 8.30. The fourth-order valence-corrected chi connectivity index (χ4v) is 8.07. The van der Waals surface area contributed by atoms with Crippen LogP contribution in [0.25, 0.3) is 11.1 Å². The van der Waals surface area contributed by atoms with Crippen molar-refractivity contribution in [1.29, 1.82) is 0 Å². The number of hydrogen-bond acceptors (Lipinski definition) is 4. The van der Waals surface area contributed by atoms with Gasteiger partial charge in [0.15, 0.2) is 0 Å². The van der Waals surface area contributed by atoms with E-state index in [1.54, 1.807) is 0 Å². The molecule has 1 unspecified atom stereocenters. The zero-order valence-corrected chi connectivity index (χ0v) is 24.6. The Bertz CT molecular complexity index is 1220. The van der Waals surface area contributed by atoms with Crippen LogP contribution in [0.2, 0.25) is 0 Å². The van der Waals surface area contributed by atoms with E-state index in [0.29, 0.717) is 12.5 Å². The van der Waals surface area contributed by atoms with Crippen molar-refractivity contribution < 1.29 is 9.84 Å². The average Bonchev–Trinajstić information content (AvgIpc) is 3.39. The second-order valence-corrected chi connectivity index (χ2v) is 13.0. The van der Waals surface area contributed by atoms with Gasteiger partial charge in [0, 0.05) is 34.0 Å². The molecule has 4 nitrogen and oxygen atoms in total. The number of hydrogen-bond donors (Lipinski definition) is 2. The number of aliphatic imine (C=N–C) groups is 1. The van der Waals surface area contributed by atoms with Crippen LogP contribution in [0.5, 0.6) is 5.75 Å². The van der Waals surface area contributed by atoms with Crippen LogP contribution in [0.15, 0.2) is 64.5 Å².